The van der Waals surface area contributed by atoms with Crippen molar-refractivity contribution in [2.75, 3.05) is 7.11 Å². The number of ether oxygens (including phenoxy) is 1. The maximum atomic E-state index is 12.3. The van der Waals surface area contributed by atoms with Crippen molar-refractivity contribution in [1.29, 1.82) is 0 Å². The minimum Gasteiger partial charge on any atom is -0.467 e. The van der Waals surface area contributed by atoms with E-state index in [9.17, 15) is 9.59 Å². The number of hydrogen-bond acceptors (Lipinski definition) is 4. The monoisotopic (exact) mass is 298 g/mol. The third-order valence-corrected chi connectivity index (χ3v) is 3.30. The van der Waals surface area contributed by atoms with Gasteiger partial charge in [0.2, 0.25) is 5.91 Å². The van der Waals surface area contributed by atoms with Crippen LogP contribution in [0.3, 0.4) is 0 Å². The number of carbonyl (C=O) groups excluding carboxylic acids is 2. The van der Waals surface area contributed by atoms with Crippen molar-refractivity contribution in [2.24, 2.45) is 5.73 Å². The van der Waals surface area contributed by atoms with E-state index in [-0.39, 0.29) is 0 Å². The lowest BCUT2D eigenvalue weighted by Crippen LogP contribution is -2.40. The van der Waals surface area contributed by atoms with Crippen molar-refractivity contribution in [1.82, 2.24) is 5.32 Å². The fourth-order valence-corrected chi connectivity index (χ4v) is 2.09. The van der Waals surface area contributed by atoms with E-state index in [1.54, 1.807) is 48.5 Å². The van der Waals surface area contributed by atoms with Gasteiger partial charge < -0.3 is 15.8 Å². The Morgan fingerprint density at radius 1 is 0.955 bits per heavy atom. The van der Waals surface area contributed by atoms with Gasteiger partial charge in [0, 0.05) is 0 Å². The highest BCUT2D eigenvalue weighted by atomic mass is 16.5. The van der Waals surface area contributed by atoms with Gasteiger partial charge in [-0.2, -0.15) is 0 Å². The highest BCUT2D eigenvalue weighted by Gasteiger charge is 2.26. The van der Waals surface area contributed by atoms with Crippen LogP contribution >= 0.6 is 0 Å². The van der Waals surface area contributed by atoms with E-state index < -0.39 is 24.0 Å². The third-order valence-electron chi connectivity index (χ3n) is 3.30. The Labute approximate surface area is 129 Å². The summed E-state index contributed by atoms with van der Waals surface area (Å²) in [5, 5.41) is 2.64. The molecule has 0 spiro atoms. The van der Waals surface area contributed by atoms with Crippen molar-refractivity contribution >= 4 is 11.9 Å². The molecule has 0 aliphatic rings. The second-order valence-electron chi connectivity index (χ2n) is 4.76. The second-order valence-corrected chi connectivity index (χ2v) is 4.76. The van der Waals surface area contributed by atoms with Crippen LogP contribution in [0.5, 0.6) is 0 Å². The summed E-state index contributed by atoms with van der Waals surface area (Å²) < 4.78 is 4.76. The molecule has 0 aliphatic carbocycles. The molecule has 0 bridgehead atoms. The van der Waals surface area contributed by atoms with E-state index in [2.05, 4.69) is 5.32 Å². The summed E-state index contributed by atoms with van der Waals surface area (Å²) in [6.45, 7) is 0. The van der Waals surface area contributed by atoms with Crippen LogP contribution in [-0.4, -0.2) is 19.0 Å². The van der Waals surface area contributed by atoms with Crippen LogP contribution < -0.4 is 11.1 Å². The largest absolute Gasteiger partial charge is 0.467 e. The highest BCUT2D eigenvalue weighted by molar-refractivity contribution is 5.88. The zero-order valence-electron chi connectivity index (χ0n) is 12.2. The minimum absolute atomic E-state index is 0.439. The van der Waals surface area contributed by atoms with Crippen LogP contribution in [0.4, 0.5) is 0 Å². The zero-order chi connectivity index (χ0) is 15.9. The van der Waals surface area contributed by atoms with Crippen LogP contribution in [0.15, 0.2) is 60.7 Å². The average molecular weight is 298 g/mol. The van der Waals surface area contributed by atoms with Crippen molar-refractivity contribution in [3.63, 3.8) is 0 Å². The number of nitrogens with one attached hydrogen (secondary N) is 1. The van der Waals surface area contributed by atoms with Gasteiger partial charge in [0.25, 0.3) is 0 Å². The van der Waals surface area contributed by atoms with Crippen LogP contribution in [-0.2, 0) is 14.3 Å². The molecule has 0 radical (unpaired) electrons. The number of methoxy groups -OCH3 is 1. The summed E-state index contributed by atoms with van der Waals surface area (Å²) in [6.07, 6.45) is 0. The number of rotatable bonds is 5. The average Bonchev–Trinajstić information content (AvgIpc) is 2.59. The number of amides is 1. The lowest BCUT2D eigenvalue weighted by molar-refractivity contribution is -0.145. The minimum atomic E-state index is -0.881. The number of esters is 1. The molecule has 0 saturated carbocycles. The summed E-state index contributed by atoms with van der Waals surface area (Å²) in [7, 11) is 1.28. The quantitative estimate of drug-likeness (QED) is 0.823. The Kier molecular flexibility index (Phi) is 5.27. The van der Waals surface area contributed by atoms with Crippen molar-refractivity contribution < 1.29 is 14.3 Å². The van der Waals surface area contributed by atoms with Gasteiger partial charge >= 0.3 is 5.97 Å². The molecule has 0 saturated heterocycles. The first-order valence-corrected chi connectivity index (χ1v) is 6.87. The van der Waals surface area contributed by atoms with Crippen molar-refractivity contribution in [3.05, 3.63) is 71.8 Å². The SMILES string of the molecule is COC(=O)C(NC(=O)[C@@H](N)c1ccccc1)c1ccccc1. The van der Waals surface area contributed by atoms with E-state index in [0.717, 1.165) is 0 Å². The maximum Gasteiger partial charge on any atom is 0.333 e. The lowest BCUT2D eigenvalue weighted by Gasteiger charge is -2.19. The van der Waals surface area contributed by atoms with Gasteiger partial charge in [-0.25, -0.2) is 4.79 Å². The Hall–Kier alpha value is -2.66. The van der Waals surface area contributed by atoms with E-state index in [4.69, 9.17) is 10.5 Å². The lowest BCUT2D eigenvalue weighted by atomic mass is 10.0. The molecule has 2 aromatic carbocycles. The van der Waals surface area contributed by atoms with Crippen molar-refractivity contribution in [3.8, 4) is 0 Å². The van der Waals surface area contributed by atoms with Gasteiger partial charge in [0.1, 0.15) is 6.04 Å². The maximum absolute atomic E-state index is 12.3. The Balaban J connectivity index is 2.17. The number of hydrogen-bond donors (Lipinski definition) is 2. The predicted octanol–water partition coefficient (Wildman–Crippen LogP) is 1.72. The van der Waals surface area contributed by atoms with E-state index in [0.29, 0.717) is 11.1 Å². The molecule has 5 nitrogen and oxygen atoms in total. The number of nitrogens with two attached hydrogens (primary N) is 1. The van der Waals surface area contributed by atoms with E-state index >= 15 is 0 Å². The zero-order valence-corrected chi connectivity index (χ0v) is 12.2. The van der Waals surface area contributed by atoms with E-state index in [1.807, 2.05) is 12.1 Å². The van der Waals surface area contributed by atoms with Gasteiger partial charge in [-0.15, -0.1) is 0 Å². The van der Waals surface area contributed by atoms with E-state index in [1.165, 1.54) is 7.11 Å². The molecule has 0 heterocycles. The topological polar surface area (TPSA) is 81.4 Å². The Bertz CT molecular complexity index is 629. The highest BCUT2D eigenvalue weighted by Crippen LogP contribution is 2.17. The van der Waals surface area contributed by atoms with Crippen LogP contribution in [0, 0.1) is 0 Å². The first kappa shape index (κ1) is 15.7. The van der Waals surface area contributed by atoms with Crippen LogP contribution in [0.1, 0.15) is 23.2 Å². The van der Waals surface area contributed by atoms with Crippen molar-refractivity contribution in [2.45, 2.75) is 12.1 Å². The first-order chi connectivity index (χ1) is 10.6. The molecule has 5 heteroatoms. The molecular weight excluding hydrogens is 280 g/mol. The van der Waals surface area contributed by atoms with Crippen LogP contribution in [0.2, 0.25) is 0 Å². The fourth-order valence-electron chi connectivity index (χ4n) is 2.09. The smallest absolute Gasteiger partial charge is 0.333 e. The molecule has 2 rings (SSSR count). The Morgan fingerprint density at radius 2 is 1.45 bits per heavy atom. The van der Waals surface area contributed by atoms with Gasteiger partial charge in [-0.05, 0) is 11.1 Å². The molecule has 1 amide bonds. The Morgan fingerprint density at radius 3 is 1.95 bits per heavy atom. The molecule has 2 aromatic rings. The first-order valence-electron chi connectivity index (χ1n) is 6.87. The molecule has 1 unspecified atom stereocenters. The summed E-state index contributed by atoms with van der Waals surface area (Å²) in [5.74, 6) is -0.981. The van der Waals surface area contributed by atoms with Gasteiger partial charge in [0.15, 0.2) is 6.04 Å². The van der Waals surface area contributed by atoms with Gasteiger partial charge in [-0.1, -0.05) is 60.7 Å². The molecule has 0 aromatic heterocycles. The molecule has 0 fully saturated rings. The molecule has 114 valence electrons. The summed E-state index contributed by atoms with van der Waals surface area (Å²) in [4.78, 5) is 24.2. The second kappa shape index (κ2) is 7.38. The van der Waals surface area contributed by atoms with Gasteiger partial charge in [0.05, 0.1) is 7.11 Å². The molecule has 22 heavy (non-hydrogen) atoms. The molecule has 2 atom stereocenters. The molecular formula is C17H18N2O3. The normalized spacial score (nSPS) is 13.0. The van der Waals surface area contributed by atoms with Gasteiger partial charge in [-0.3, -0.25) is 4.79 Å². The number of benzene rings is 2. The fraction of sp³-hybridized carbons (Fsp3) is 0.176. The summed E-state index contributed by atoms with van der Waals surface area (Å²) >= 11 is 0. The third kappa shape index (κ3) is 3.71. The standard InChI is InChI=1S/C17H18N2O3/c1-22-17(21)15(13-10-6-3-7-11-13)19-16(20)14(18)12-8-4-2-5-9-12/h2-11,14-15H,18H2,1H3,(H,19,20)/t14-,15?/m0/s1. The number of carbonyl (C=O) groups is 2. The molecule has 3 N–H and O–H groups in total. The summed E-state index contributed by atoms with van der Waals surface area (Å²) in [5.41, 5.74) is 7.26. The summed E-state index contributed by atoms with van der Waals surface area (Å²) in [6, 6.07) is 16.1. The predicted molar refractivity (Wildman–Crippen MR) is 82.7 cm³/mol. The molecule has 0 aliphatic heterocycles. The van der Waals surface area contributed by atoms with Crippen LogP contribution in [0.25, 0.3) is 0 Å².